The second-order valence-electron chi connectivity index (χ2n) is 7.31. The molecule has 4 nitrogen and oxygen atoms in total. The Morgan fingerprint density at radius 2 is 1.39 bits per heavy atom. The molecule has 1 amide bonds. The fraction of sp³-hybridized carbons (Fsp3) is 0.111. The average Bonchev–Trinajstić information content (AvgIpc) is 2.83. The maximum absolute atomic E-state index is 12.7. The van der Waals surface area contributed by atoms with E-state index in [1.54, 1.807) is 12.1 Å². The number of esters is 1. The number of carbonyl (C=O) groups excluding carboxylic acids is 2. The predicted octanol–water partition coefficient (Wildman–Crippen LogP) is 5.44. The van der Waals surface area contributed by atoms with Gasteiger partial charge in [0.05, 0.1) is 12.5 Å². The summed E-state index contributed by atoms with van der Waals surface area (Å²) in [6.07, 6.45) is 0.0490. The molecule has 0 fully saturated rings. The molecule has 0 aliphatic heterocycles. The molecule has 0 bridgehead atoms. The maximum Gasteiger partial charge on any atom is 0.308 e. The summed E-state index contributed by atoms with van der Waals surface area (Å²) in [7, 11) is 0. The van der Waals surface area contributed by atoms with Crippen LogP contribution in [0, 0.1) is 0 Å². The van der Waals surface area contributed by atoms with Gasteiger partial charge in [0.1, 0.15) is 6.61 Å². The third-order valence-corrected chi connectivity index (χ3v) is 5.18. The zero-order valence-corrected chi connectivity index (χ0v) is 17.0. The van der Waals surface area contributed by atoms with Crippen molar-refractivity contribution in [3.63, 3.8) is 0 Å². The van der Waals surface area contributed by atoms with Crippen molar-refractivity contribution in [3.8, 4) is 0 Å². The summed E-state index contributed by atoms with van der Waals surface area (Å²) in [4.78, 5) is 25.4. The zero-order valence-electron chi connectivity index (χ0n) is 17.0. The number of nitrogens with one attached hydrogen (secondary N) is 1. The first-order chi connectivity index (χ1) is 15.2. The Morgan fingerprint density at radius 3 is 2.16 bits per heavy atom. The highest BCUT2D eigenvalue weighted by atomic mass is 16.5. The number of rotatable bonds is 7. The summed E-state index contributed by atoms with van der Waals surface area (Å²) in [5.74, 6) is -0.591. The Labute approximate surface area is 181 Å². The lowest BCUT2D eigenvalue weighted by molar-refractivity contribution is -0.145. The van der Waals surface area contributed by atoms with Crippen molar-refractivity contribution in [1.29, 1.82) is 0 Å². The van der Waals surface area contributed by atoms with E-state index in [4.69, 9.17) is 4.74 Å². The van der Waals surface area contributed by atoms with E-state index in [0.29, 0.717) is 5.56 Å². The molecular weight excluding hydrogens is 386 g/mol. The van der Waals surface area contributed by atoms with E-state index in [0.717, 1.165) is 21.9 Å². The van der Waals surface area contributed by atoms with Crippen molar-refractivity contribution < 1.29 is 14.3 Å². The lowest BCUT2D eigenvalue weighted by Gasteiger charge is -2.19. The molecule has 4 heteroatoms. The van der Waals surface area contributed by atoms with Crippen LogP contribution in [-0.4, -0.2) is 11.9 Å². The van der Waals surface area contributed by atoms with Gasteiger partial charge in [-0.25, -0.2) is 0 Å². The number of fused-ring (bicyclic) bond motifs is 1. The molecule has 1 atom stereocenters. The van der Waals surface area contributed by atoms with Crippen molar-refractivity contribution in [1.82, 2.24) is 5.32 Å². The van der Waals surface area contributed by atoms with E-state index in [-0.39, 0.29) is 24.9 Å². The van der Waals surface area contributed by atoms with Gasteiger partial charge in [0.15, 0.2) is 0 Å². The SMILES string of the molecule is O=C(C[C@@H](NC(=O)c1ccccc1)c1ccccc1)OCc1cccc2ccccc12. The number of hydrogen-bond donors (Lipinski definition) is 1. The van der Waals surface area contributed by atoms with Gasteiger partial charge >= 0.3 is 5.97 Å². The van der Waals surface area contributed by atoms with Gasteiger partial charge in [0, 0.05) is 5.56 Å². The molecule has 31 heavy (non-hydrogen) atoms. The van der Waals surface area contributed by atoms with Crippen LogP contribution in [0.3, 0.4) is 0 Å². The average molecular weight is 409 g/mol. The van der Waals surface area contributed by atoms with Crippen LogP contribution in [0.4, 0.5) is 0 Å². The predicted molar refractivity (Wildman–Crippen MR) is 121 cm³/mol. The third kappa shape index (κ3) is 5.17. The Balaban J connectivity index is 1.46. The van der Waals surface area contributed by atoms with Gasteiger partial charge in [-0.15, -0.1) is 0 Å². The van der Waals surface area contributed by atoms with E-state index in [9.17, 15) is 9.59 Å². The van der Waals surface area contributed by atoms with Gasteiger partial charge in [-0.05, 0) is 34.0 Å². The molecule has 0 saturated heterocycles. The number of hydrogen-bond acceptors (Lipinski definition) is 3. The molecule has 0 aliphatic carbocycles. The van der Waals surface area contributed by atoms with Crippen LogP contribution in [-0.2, 0) is 16.1 Å². The van der Waals surface area contributed by atoms with Crippen LogP contribution < -0.4 is 5.32 Å². The molecule has 0 saturated carbocycles. The van der Waals surface area contributed by atoms with Gasteiger partial charge in [0.25, 0.3) is 5.91 Å². The second kappa shape index (κ2) is 9.72. The molecule has 4 aromatic rings. The molecule has 0 aliphatic rings. The summed E-state index contributed by atoms with van der Waals surface area (Å²) in [5.41, 5.74) is 2.36. The minimum Gasteiger partial charge on any atom is -0.461 e. The molecule has 0 radical (unpaired) electrons. The van der Waals surface area contributed by atoms with Crippen LogP contribution in [0.5, 0.6) is 0 Å². The van der Waals surface area contributed by atoms with Crippen LogP contribution in [0.2, 0.25) is 0 Å². The standard InChI is InChI=1S/C27H23NO3/c29-26(31-19-23-16-9-15-20-10-7-8-17-24(20)23)18-25(21-11-3-1-4-12-21)28-27(30)22-13-5-2-6-14-22/h1-17,25H,18-19H2,(H,28,30)/t25-/m1/s1. The Hall–Kier alpha value is -3.92. The molecular formula is C27H23NO3. The van der Waals surface area contributed by atoms with Gasteiger partial charge < -0.3 is 10.1 Å². The third-order valence-electron chi connectivity index (χ3n) is 5.18. The van der Waals surface area contributed by atoms with Gasteiger partial charge in [-0.3, -0.25) is 9.59 Å². The summed E-state index contributed by atoms with van der Waals surface area (Å²) in [6.45, 7) is 0.189. The van der Waals surface area contributed by atoms with Crippen LogP contribution in [0.15, 0.2) is 103 Å². The molecule has 1 N–H and O–H groups in total. The lowest BCUT2D eigenvalue weighted by atomic mass is 10.0. The van der Waals surface area contributed by atoms with Crippen LogP contribution in [0.25, 0.3) is 10.8 Å². The van der Waals surface area contributed by atoms with Crippen molar-refractivity contribution in [2.45, 2.75) is 19.1 Å². The fourth-order valence-corrected chi connectivity index (χ4v) is 3.57. The summed E-state index contributed by atoms with van der Waals surface area (Å²) in [5, 5.41) is 5.14. The minimum absolute atomic E-state index is 0.0490. The zero-order chi connectivity index (χ0) is 21.5. The van der Waals surface area contributed by atoms with Crippen molar-refractivity contribution in [2.75, 3.05) is 0 Å². The molecule has 0 spiro atoms. The summed E-state index contributed by atoms with van der Waals surface area (Å²) in [6, 6.07) is 31.9. The first kappa shape index (κ1) is 20.4. The first-order valence-corrected chi connectivity index (χ1v) is 10.2. The highest BCUT2D eigenvalue weighted by Gasteiger charge is 2.20. The normalized spacial score (nSPS) is 11.6. The van der Waals surface area contributed by atoms with Crippen molar-refractivity contribution in [2.24, 2.45) is 0 Å². The Morgan fingerprint density at radius 1 is 0.742 bits per heavy atom. The second-order valence-corrected chi connectivity index (χ2v) is 7.31. The lowest BCUT2D eigenvalue weighted by Crippen LogP contribution is -2.30. The molecule has 0 unspecified atom stereocenters. The van der Waals surface area contributed by atoms with E-state index in [2.05, 4.69) is 5.32 Å². The number of carbonyl (C=O) groups is 2. The van der Waals surface area contributed by atoms with E-state index >= 15 is 0 Å². The van der Waals surface area contributed by atoms with Gasteiger partial charge in [-0.1, -0.05) is 91.0 Å². The fourth-order valence-electron chi connectivity index (χ4n) is 3.57. The summed E-state index contributed by atoms with van der Waals surface area (Å²) < 4.78 is 5.59. The Kier molecular flexibility index (Phi) is 6.38. The number of benzene rings is 4. The molecule has 0 aromatic heterocycles. The highest BCUT2D eigenvalue weighted by molar-refractivity contribution is 5.94. The van der Waals surface area contributed by atoms with Gasteiger partial charge in [-0.2, -0.15) is 0 Å². The van der Waals surface area contributed by atoms with E-state index in [1.807, 2.05) is 91.0 Å². The molecule has 0 heterocycles. The molecule has 154 valence electrons. The van der Waals surface area contributed by atoms with Crippen LogP contribution >= 0.6 is 0 Å². The van der Waals surface area contributed by atoms with Crippen molar-refractivity contribution >= 4 is 22.6 Å². The highest BCUT2D eigenvalue weighted by Crippen LogP contribution is 2.21. The smallest absolute Gasteiger partial charge is 0.308 e. The summed E-state index contributed by atoms with van der Waals surface area (Å²) >= 11 is 0. The molecule has 4 aromatic carbocycles. The van der Waals surface area contributed by atoms with Crippen LogP contribution in [0.1, 0.15) is 33.9 Å². The number of amides is 1. The van der Waals surface area contributed by atoms with Gasteiger partial charge in [0.2, 0.25) is 0 Å². The Bertz CT molecular complexity index is 1170. The molecule has 4 rings (SSSR count). The number of ether oxygens (including phenoxy) is 1. The quantitative estimate of drug-likeness (QED) is 0.413. The van der Waals surface area contributed by atoms with Crippen molar-refractivity contribution in [3.05, 3.63) is 120 Å². The van der Waals surface area contributed by atoms with E-state index in [1.165, 1.54) is 0 Å². The monoisotopic (exact) mass is 409 g/mol. The first-order valence-electron chi connectivity index (χ1n) is 10.2. The largest absolute Gasteiger partial charge is 0.461 e. The maximum atomic E-state index is 12.7. The minimum atomic E-state index is -0.478. The van der Waals surface area contributed by atoms with E-state index < -0.39 is 6.04 Å². The topological polar surface area (TPSA) is 55.4 Å².